The molecule has 0 spiro atoms. The molecule has 1 aromatic carbocycles. The van der Waals surface area contributed by atoms with Gasteiger partial charge in [-0.05, 0) is 17.7 Å². The topological polar surface area (TPSA) is 64.4 Å². The number of hydrogen-bond donors (Lipinski definition) is 2. The van der Waals surface area contributed by atoms with Crippen molar-refractivity contribution in [3.05, 3.63) is 35.4 Å². The van der Waals surface area contributed by atoms with E-state index in [1.54, 1.807) is 24.3 Å². The Bertz CT molecular complexity index is 369. The molecule has 1 amide bonds. The van der Waals surface area contributed by atoms with E-state index in [-0.39, 0.29) is 19.1 Å². The lowest BCUT2D eigenvalue weighted by Gasteiger charge is -2.06. The number of carbonyl (C=O) groups is 1. The van der Waals surface area contributed by atoms with Crippen LogP contribution in [0.2, 0.25) is 0 Å². The molecule has 0 saturated heterocycles. The maximum absolute atomic E-state index is 11.7. The highest BCUT2D eigenvalue weighted by Crippen LogP contribution is 2.03. The standard InChI is InChI=1S/C12H16F2N2O2/c13-11(14)8-18-6-5-16-12(17)10-3-1-9(7-15)2-4-10/h1-4,11H,5-8,15H2,(H,16,17). The minimum absolute atomic E-state index is 0.0664. The molecule has 0 aliphatic carbocycles. The van der Waals surface area contributed by atoms with Crippen LogP contribution in [0.1, 0.15) is 15.9 Å². The van der Waals surface area contributed by atoms with Gasteiger partial charge in [-0.3, -0.25) is 4.79 Å². The maximum Gasteiger partial charge on any atom is 0.261 e. The highest BCUT2D eigenvalue weighted by molar-refractivity contribution is 5.94. The second kappa shape index (κ2) is 7.73. The molecule has 0 aliphatic rings. The first-order valence-electron chi connectivity index (χ1n) is 5.56. The molecule has 0 saturated carbocycles. The number of ether oxygens (including phenoxy) is 1. The molecular weight excluding hydrogens is 242 g/mol. The molecule has 18 heavy (non-hydrogen) atoms. The van der Waals surface area contributed by atoms with Crippen molar-refractivity contribution in [3.8, 4) is 0 Å². The minimum atomic E-state index is -2.48. The van der Waals surface area contributed by atoms with Gasteiger partial charge in [0.2, 0.25) is 0 Å². The van der Waals surface area contributed by atoms with Crippen LogP contribution >= 0.6 is 0 Å². The Morgan fingerprint density at radius 2 is 2.00 bits per heavy atom. The van der Waals surface area contributed by atoms with Gasteiger partial charge >= 0.3 is 0 Å². The first-order chi connectivity index (χ1) is 8.63. The van der Waals surface area contributed by atoms with Crippen molar-refractivity contribution in [3.63, 3.8) is 0 Å². The molecular formula is C12H16F2N2O2. The monoisotopic (exact) mass is 258 g/mol. The summed E-state index contributed by atoms with van der Waals surface area (Å²) in [5.41, 5.74) is 6.87. The van der Waals surface area contributed by atoms with Gasteiger partial charge in [0.25, 0.3) is 12.3 Å². The summed E-state index contributed by atoms with van der Waals surface area (Å²) in [4.78, 5) is 11.6. The summed E-state index contributed by atoms with van der Waals surface area (Å²) in [6, 6.07) is 6.86. The smallest absolute Gasteiger partial charge is 0.261 e. The highest BCUT2D eigenvalue weighted by atomic mass is 19.3. The molecule has 4 nitrogen and oxygen atoms in total. The molecule has 6 heteroatoms. The third kappa shape index (κ3) is 5.20. The predicted octanol–water partition coefficient (Wildman–Crippen LogP) is 1.16. The maximum atomic E-state index is 11.7. The summed E-state index contributed by atoms with van der Waals surface area (Å²) in [5.74, 6) is -0.265. The van der Waals surface area contributed by atoms with Crippen molar-refractivity contribution in [2.24, 2.45) is 5.73 Å². The van der Waals surface area contributed by atoms with Crippen LogP contribution in [0.4, 0.5) is 8.78 Å². The van der Waals surface area contributed by atoms with Gasteiger partial charge in [-0.15, -0.1) is 0 Å². The second-order valence-electron chi connectivity index (χ2n) is 3.62. The number of nitrogens with two attached hydrogens (primary N) is 1. The molecule has 100 valence electrons. The Hall–Kier alpha value is -1.53. The first kappa shape index (κ1) is 14.5. The van der Waals surface area contributed by atoms with Crippen molar-refractivity contribution in [2.45, 2.75) is 13.0 Å². The molecule has 1 aromatic rings. The summed E-state index contributed by atoms with van der Waals surface area (Å²) < 4.78 is 28.1. The van der Waals surface area contributed by atoms with Crippen molar-refractivity contribution >= 4 is 5.91 Å². The normalized spacial score (nSPS) is 10.7. The number of benzene rings is 1. The van der Waals surface area contributed by atoms with E-state index in [0.717, 1.165) is 5.56 Å². The first-order valence-corrected chi connectivity index (χ1v) is 5.56. The fourth-order valence-electron chi connectivity index (χ4n) is 1.30. The third-order valence-corrected chi connectivity index (χ3v) is 2.23. The Balaban J connectivity index is 2.27. The van der Waals surface area contributed by atoms with Gasteiger partial charge in [-0.1, -0.05) is 12.1 Å². The largest absolute Gasteiger partial charge is 0.374 e. The molecule has 0 heterocycles. The lowest BCUT2D eigenvalue weighted by Crippen LogP contribution is -2.27. The Labute approximate surface area is 104 Å². The van der Waals surface area contributed by atoms with Crippen molar-refractivity contribution in [1.82, 2.24) is 5.32 Å². The molecule has 0 aromatic heterocycles. The van der Waals surface area contributed by atoms with Crippen LogP contribution in [0.5, 0.6) is 0 Å². The summed E-state index contributed by atoms with van der Waals surface area (Å²) in [6.45, 7) is 0.0750. The number of amides is 1. The number of alkyl halides is 2. The molecule has 0 bridgehead atoms. The molecule has 0 aliphatic heterocycles. The summed E-state index contributed by atoms with van der Waals surface area (Å²) >= 11 is 0. The molecule has 3 N–H and O–H groups in total. The van der Waals surface area contributed by atoms with Gasteiger partial charge in [0, 0.05) is 18.7 Å². The zero-order valence-corrected chi connectivity index (χ0v) is 9.86. The van der Waals surface area contributed by atoms with Gasteiger partial charge < -0.3 is 15.8 Å². The van der Waals surface area contributed by atoms with Crippen molar-refractivity contribution in [1.29, 1.82) is 0 Å². The van der Waals surface area contributed by atoms with Crippen LogP contribution in [-0.4, -0.2) is 32.1 Å². The number of hydrogen-bond acceptors (Lipinski definition) is 3. The van der Waals surface area contributed by atoms with Crippen molar-refractivity contribution in [2.75, 3.05) is 19.8 Å². The average molecular weight is 258 g/mol. The van der Waals surface area contributed by atoms with Gasteiger partial charge in [0.1, 0.15) is 6.61 Å². The lowest BCUT2D eigenvalue weighted by molar-refractivity contribution is 0.0188. The summed E-state index contributed by atoms with van der Waals surface area (Å²) in [6.07, 6.45) is -2.48. The van der Waals surface area contributed by atoms with E-state index in [9.17, 15) is 13.6 Å². The van der Waals surface area contributed by atoms with E-state index in [1.165, 1.54) is 0 Å². The molecule has 0 unspecified atom stereocenters. The molecule has 0 atom stereocenters. The zero-order chi connectivity index (χ0) is 13.4. The van der Waals surface area contributed by atoms with E-state index in [1.807, 2.05) is 0 Å². The van der Waals surface area contributed by atoms with Crippen LogP contribution in [0.3, 0.4) is 0 Å². The molecule has 0 radical (unpaired) electrons. The fourth-order valence-corrected chi connectivity index (χ4v) is 1.30. The Morgan fingerprint density at radius 1 is 1.33 bits per heavy atom. The van der Waals surface area contributed by atoms with Gasteiger partial charge in [0.15, 0.2) is 0 Å². The SMILES string of the molecule is NCc1ccc(C(=O)NCCOCC(F)F)cc1. The summed E-state index contributed by atoms with van der Waals surface area (Å²) in [5, 5.41) is 2.57. The van der Waals surface area contributed by atoms with Crippen LogP contribution in [0.25, 0.3) is 0 Å². The van der Waals surface area contributed by atoms with Gasteiger partial charge in [0.05, 0.1) is 6.61 Å². The molecule has 0 fully saturated rings. The van der Waals surface area contributed by atoms with Gasteiger partial charge in [-0.25, -0.2) is 8.78 Å². The van der Waals surface area contributed by atoms with E-state index < -0.39 is 13.0 Å². The van der Waals surface area contributed by atoms with Crippen LogP contribution in [-0.2, 0) is 11.3 Å². The predicted molar refractivity (Wildman–Crippen MR) is 63.5 cm³/mol. The highest BCUT2D eigenvalue weighted by Gasteiger charge is 2.05. The van der Waals surface area contributed by atoms with E-state index in [0.29, 0.717) is 12.1 Å². The summed E-state index contributed by atoms with van der Waals surface area (Å²) in [7, 11) is 0. The lowest BCUT2D eigenvalue weighted by atomic mass is 10.1. The average Bonchev–Trinajstić information content (AvgIpc) is 2.38. The van der Waals surface area contributed by atoms with Crippen LogP contribution in [0.15, 0.2) is 24.3 Å². The van der Waals surface area contributed by atoms with E-state index >= 15 is 0 Å². The number of halogens is 2. The number of carbonyl (C=O) groups excluding carboxylic acids is 1. The van der Waals surface area contributed by atoms with Crippen LogP contribution < -0.4 is 11.1 Å². The fraction of sp³-hybridized carbons (Fsp3) is 0.417. The minimum Gasteiger partial charge on any atom is -0.374 e. The zero-order valence-electron chi connectivity index (χ0n) is 9.86. The van der Waals surface area contributed by atoms with Gasteiger partial charge in [-0.2, -0.15) is 0 Å². The third-order valence-electron chi connectivity index (χ3n) is 2.23. The van der Waals surface area contributed by atoms with E-state index in [4.69, 9.17) is 5.73 Å². The number of rotatable bonds is 7. The Kier molecular flexibility index (Phi) is 6.24. The molecule has 1 rings (SSSR count). The second-order valence-corrected chi connectivity index (χ2v) is 3.62. The van der Waals surface area contributed by atoms with E-state index in [2.05, 4.69) is 10.1 Å². The Morgan fingerprint density at radius 3 is 2.56 bits per heavy atom. The van der Waals surface area contributed by atoms with Crippen molar-refractivity contribution < 1.29 is 18.3 Å². The quantitative estimate of drug-likeness (QED) is 0.721. The number of nitrogens with one attached hydrogen (secondary N) is 1. The van der Waals surface area contributed by atoms with Crippen LogP contribution in [0, 0.1) is 0 Å².